The number of ether oxygens (including phenoxy) is 1. The van der Waals surface area contributed by atoms with Crippen molar-refractivity contribution >= 4 is 27.5 Å². The number of rotatable bonds is 4. The van der Waals surface area contributed by atoms with Gasteiger partial charge in [0, 0.05) is 10.4 Å². The van der Waals surface area contributed by atoms with Gasteiger partial charge in [-0.15, -0.1) is 0 Å². The highest BCUT2D eigenvalue weighted by molar-refractivity contribution is 9.10. The minimum Gasteiger partial charge on any atom is -0.481 e. The van der Waals surface area contributed by atoms with Crippen LogP contribution in [0.5, 0.6) is 0 Å². The quantitative estimate of drug-likeness (QED) is 0.574. The molecule has 1 aromatic rings. The van der Waals surface area contributed by atoms with Crippen LogP contribution >= 0.6 is 15.9 Å². The summed E-state index contributed by atoms with van der Waals surface area (Å²) in [6.45, 7) is 9.01. The molecule has 0 fully saturated rings. The standard InChI is InChI=1S/C14H20BrNO/c1-5-10(3)14(17-6-2)16-13-8-7-12(15)9-11(13)4/h7-10H,5-6H2,1-4H3. The van der Waals surface area contributed by atoms with E-state index in [-0.39, 0.29) is 0 Å². The summed E-state index contributed by atoms with van der Waals surface area (Å²) >= 11 is 3.46. The van der Waals surface area contributed by atoms with Gasteiger partial charge in [0.05, 0.1) is 12.3 Å². The Bertz CT molecular complexity index is 401. The third kappa shape index (κ3) is 4.15. The molecule has 1 unspecified atom stereocenters. The lowest BCUT2D eigenvalue weighted by Gasteiger charge is -2.13. The smallest absolute Gasteiger partial charge is 0.191 e. The van der Waals surface area contributed by atoms with E-state index in [0.29, 0.717) is 12.5 Å². The van der Waals surface area contributed by atoms with Gasteiger partial charge in [-0.3, -0.25) is 0 Å². The lowest BCUT2D eigenvalue weighted by molar-refractivity contribution is 0.302. The van der Waals surface area contributed by atoms with Crippen LogP contribution in [-0.2, 0) is 4.74 Å². The van der Waals surface area contributed by atoms with Gasteiger partial charge < -0.3 is 4.74 Å². The molecule has 0 aromatic heterocycles. The summed E-state index contributed by atoms with van der Waals surface area (Å²) in [5.41, 5.74) is 2.14. The molecule has 0 radical (unpaired) electrons. The molecule has 1 atom stereocenters. The van der Waals surface area contributed by atoms with Crippen LogP contribution in [0.15, 0.2) is 27.7 Å². The number of halogens is 1. The Morgan fingerprint density at radius 1 is 1.41 bits per heavy atom. The maximum Gasteiger partial charge on any atom is 0.191 e. The zero-order valence-corrected chi connectivity index (χ0v) is 12.5. The molecule has 3 heteroatoms. The minimum absolute atomic E-state index is 0.359. The molecule has 0 heterocycles. The highest BCUT2D eigenvalue weighted by atomic mass is 79.9. The summed E-state index contributed by atoms with van der Waals surface area (Å²) < 4.78 is 6.70. The Morgan fingerprint density at radius 2 is 2.12 bits per heavy atom. The number of hydrogen-bond donors (Lipinski definition) is 0. The molecular weight excluding hydrogens is 278 g/mol. The van der Waals surface area contributed by atoms with Crippen molar-refractivity contribution in [3.05, 3.63) is 28.2 Å². The fourth-order valence-electron chi connectivity index (χ4n) is 1.47. The van der Waals surface area contributed by atoms with E-state index < -0.39 is 0 Å². The molecule has 0 amide bonds. The summed E-state index contributed by atoms with van der Waals surface area (Å²) in [6.07, 6.45) is 1.04. The summed E-state index contributed by atoms with van der Waals surface area (Å²) in [6, 6.07) is 6.09. The van der Waals surface area contributed by atoms with E-state index >= 15 is 0 Å². The normalized spacial score (nSPS) is 13.6. The predicted molar refractivity (Wildman–Crippen MR) is 77.1 cm³/mol. The second-order valence-corrected chi connectivity index (χ2v) is 5.04. The molecule has 0 spiro atoms. The van der Waals surface area contributed by atoms with Crippen molar-refractivity contribution in [1.82, 2.24) is 0 Å². The third-order valence-corrected chi connectivity index (χ3v) is 3.21. The van der Waals surface area contributed by atoms with E-state index in [2.05, 4.69) is 47.8 Å². The first-order valence-electron chi connectivity index (χ1n) is 6.06. The van der Waals surface area contributed by atoms with Crippen molar-refractivity contribution in [3.8, 4) is 0 Å². The van der Waals surface area contributed by atoms with Crippen molar-refractivity contribution in [2.45, 2.75) is 34.1 Å². The minimum atomic E-state index is 0.359. The first-order valence-corrected chi connectivity index (χ1v) is 6.85. The Labute approximate surface area is 112 Å². The van der Waals surface area contributed by atoms with Crippen molar-refractivity contribution in [2.24, 2.45) is 10.9 Å². The molecule has 0 bridgehead atoms. The topological polar surface area (TPSA) is 21.6 Å². The van der Waals surface area contributed by atoms with E-state index in [4.69, 9.17) is 4.74 Å². The first-order chi connectivity index (χ1) is 8.08. The van der Waals surface area contributed by atoms with Crippen LogP contribution in [-0.4, -0.2) is 12.5 Å². The third-order valence-electron chi connectivity index (χ3n) is 2.72. The van der Waals surface area contributed by atoms with Crippen LogP contribution < -0.4 is 0 Å². The average molecular weight is 298 g/mol. The van der Waals surface area contributed by atoms with E-state index in [1.807, 2.05) is 19.1 Å². The molecule has 2 nitrogen and oxygen atoms in total. The summed E-state index contributed by atoms with van der Waals surface area (Å²) in [5.74, 6) is 1.19. The molecule has 0 aliphatic heterocycles. The molecule has 1 aromatic carbocycles. The summed E-state index contributed by atoms with van der Waals surface area (Å²) in [7, 11) is 0. The number of aliphatic imine (C=N–C) groups is 1. The molecular formula is C14H20BrNO. The predicted octanol–water partition coefficient (Wildman–Crippen LogP) is 4.87. The SMILES string of the molecule is CCOC(=Nc1ccc(Br)cc1C)C(C)CC. The molecule has 0 N–H and O–H groups in total. The molecule has 0 saturated carbocycles. The molecule has 0 aliphatic carbocycles. The van der Waals surface area contributed by atoms with Gasteiger partial charge in [0.2, 0.25) is 0 Å². The van der Waals surface area contributed by atoms with Gasteiger partial charge >= 0.3 is 0 Å². The fourth-order valence-corrected chi connectivity index (χ4v) is 1.95. The Balaban J connectivity index is 3.03. The van der Waals surface area contributed by atoms with Crippen LogP contribution in [0.25, 0.3) is 0 Å². The lowest BCUT2D eigenvalue weighted by Crippen LogP contribution is -2.14. The first kappa shape index (κ1) is 14.2. The van der Waals surface area contributed by atoms with Crippen molar-refractivity contribution < 1.29 is 4.74 Å². The number of aryl methyl sites for hydroxylation is 1. The van der Waals surface area contributed by atoms with E-state index in [9.17, 15) is 0 Å². The van der Waals surface area contributed by atoms with Gasteiger partial charge in [0.25, 0.3) is 0 Å². The maximum absolute atomic E-state index is 5.62. The number of hydrogen-bond acceptors (Lipinski definition) is 2. The lowest BCUT2D eigenvalue weighted by atomic mass is 10.1. The Morgan fingerprint density at radius 3 is 2.65 bits per heavy atom. The van der Waals surface area contributed by atoms with Crippen molar-refractivity contribution in [1.29, 1.82) is 0 Å². The maximum atomic E-state index is 5.62. The molecule has 0 aliphatic rings. The van der Waals surface area contributed by atoms with Gasteiger partial charge in [-0.2, -0.15) is 0 Å². The van der Waals surface area contributed by atoms with Crippen LogP contribution in [0.2, 0.25) is 0 Å². The molecule has 0 saturated heterocycles. The highest BCUT2D eigenvalue weighted by Gasteiger charge is 2.10. The largest absolute Gasteiger partial charge is 0.481 e. The van der Waals surface area contributed by atoms with Crippen LogP contribution in [0.1, 0.15) is 32.8 Å². The van der Waals surface area contributed by atoms with Crippen LogP contribution in [0.3, 0.4) is 0 Å². The van der Waals surface area contributed by atoms with Gasteiger partial charge in [0.1, 0.15) is 0 Å². The summed E-state index contributed by atoms with van der Waals surface area (Å²) in [4.78, 5) is 4.63. The zero-order valence-electron chi connectivity index (χ0n) is 11.0. The highest BCUT2D eigenvalue weighted by Crippen LogP contribution is 2.24. The Hall–Kier alpha value is -0.830. The van der Waals surface area contributed by atoms with Gasteiger partial charge in [0.15, 0.2) is 5.90 Å². The van der Waals surface area contributed by atoms with E-state index in [1.54, 1.807) is 0 Å². The van der Waals surface area contributed by atoms with E-state index in [1.165, 1.54) is 0 Å². The molecule has 17 heavy (non-hydrogen) atoms. The van der Waals surface area contributed by atoms with E-state index in [0.717, 1.165) is 28.0 Å². The Kier molecular flexibility index (Phi) is 5.69. The number of benzene rings is 1. The van der Waals surface area contributed by atoms with Gasteiger partial charge in [-0.05, 0) is 44.0 Å². The van der Waals surface area contributed by atoms with Gasteiger partial charge in [-0.25, -0.2) is 4.99 Å². The van der Waals surface area contributed by atoms with Crippen molar-refractivity contribution in [2.75, 3.05) is 6.61 Å². The second kappa shape index (κ2) is 6.80. The van der Waals surface area contributed by atoms with Gasteiger partial charge in [-0.1, -0.05) is 29.8 Å². The van der Waals surface area contributed by atoms with Crippen LogP contribution in [0.4, 0.5) is 5.69 Å². The number of nitrogens with zero attached hydrogens (tertiary/aromatic N) is 1. The monoisotopic (exact) mass is 297 g/mol. The molecule has 94 valence electrons. The van der Waals surface area contributed by atoms with Crippen molar-refractivity contribution in [3.63, 3.8) is 0 Å². The fraction of sp³-hybridized carbons (Fsp3) is 0.500. The second-order valence-electron chi connectivity index (χ2n) is 4.12. The molecule has 1 rings (SSSR count). The summed E-state index contributed by atoms with van der Waals surface area (Å²) in [5, 5.41) is 0. The van der Waals surface area contributed by atoms with Crippen LogP contribution in [0, 0.1) is 12.8 Å². The average Bonchev–Trinajstić information content (AvgIpc) is 2.30. The zero-order chi connectivity index (χ0) is 12.8.